The minimum Gasteiger partial charge on any atom is -0.455 e. The first-order chi connectivity index (χ1) is 25.4. The van der Waals surface area contributed by atoms with Crippen LogP contribution in [0.25, 0.3) is 98.4 Å². The maximum absolute atomic E-state index is 8.48. The lowest BCUT2D eigenvalue weighted by Gasteiger charge is -2.18. The van der Waals surface area contributed by atoms with Gasteiger partial charge < -0.3 is 4.42 Å². The number of hydrogen-bond donors (Lipinski definition) is 0. The second-order valence-electron chi connectivity index (χ2n) is 12.1. The van der Waals surface area contributed by atoms with Crippen LogP contribution in [0.2, 0.25) is 0 Å². The molecule has 0 unspecified atom stereocenters. The van der Waals surface area contributed by atoms with Crippen LogP contribution in [-0.4, -0.2) is 0 Å². The van der Waals surface area contributed by atoms with Crippen LogP contribution < -0.4 is 0 Å². The molecule has 1 aromatic heterocycles. The van der Waals surface area contributed by atoms with Crippen molar-refractivity contribution in [3.8, 4) is 33.4 Å². The minimum atomic E-state index is -0.390. The van der Waals surface area contributed by atoms with Crippen molar-refractivity contribution >= 4 is 65.0 Å². The molecule has 1 heteroatoms. The van der Waals surface area contributed by atoms with Gasteiger partial charge in [-0.3, -0.25) is 0 Å². The van der Waals surface area contributed by atoms with Crippen LogP contribution in [0.1, 0.15) is 6.85 Å². The van der Waals surface area contributed by atoms with E-state index in [0.717, 1.165) is 81.7 Å². The summed E-state index contributed by atoms with van der Waals surface area (Å²) in [7, 11) is 0. The first kappa shape index (κ1) is 21.5. The highest BCUT2D eigenvalue weighted by molar-refractivity contribution is 6.23. The molecule has 0 amide bonds. The average Bonchev–Trinajstić information content (AvgIpc) is 3.57. The lowest BCUT2D eigenvalue weighted by Crippen LogP contribution is -1.91. The smallest absolute Gasteiger partial charge is 0.143 e. The quantitative estimate of drug-likeness (QED) is 0.184. The molecule has 0 radical (unpaired) electrons. The standard InChI is InChI=1S/C46H28O/c1-2-10-29(11-3-1)31-18-19-33-27-34(21-20-32(33)26-31)44-37-14-6-8-16-39(37)45(40-17-9-7-15-38(40)44)35-23-25-43-42(28-35)41-24-22-30-12-4-5-13-36(30)46(41)47-43/h1-28H/i1D,2D,3D,10D,11D. The van der Waals surface area contributed by atoms with Crippen molar-refractivity contribution in [3.05, 3.63) is 170 Å². The Balaban J connectivity index is 1.17. The summed E-state index contributed by atoms with van der Waals surface area (Å²) in [4.78, 5) is 0. The molecule has 0 saturated carbocycles. The molecule has 10 aromatic rings. The largest absolute Gasteiger partial charge is 0.455 e. The highest BCUT2D eigenvalue weighted by Crippen LogP contribution is 2.45. The van der Waals surface area contributed by atoms with E-state index >= 15 is 0 Å². The van der Waals surface area contributed by atoms with E-state index in [-0.39, 0.29) is 35.8 Å². The molecule has 0 N–H and O–H groups in total. The summed E-state index contributed by atoms with van der Waals surface area (Å²) in [5.41, 5.74) is 7.10. The molecule has 0 aliphatic carbocycles. The molecule has 47 heavy (non-hydrogen) atoms. The van der Waals surface area contributed by atoms with Gasteiger partial charge in [0.25, 0.3) is 0 Å². The zero-order valence-electron chi connectivity index (χ0n) is 30.2. The zero-order chi connectivity index (χ0) is 35.2. The molecule has 0 atom stereocenters. The molecule has 1 nitrogen and oxygen atoms in total. The summed E-state index contributed by atoms with van der Waals surface area (Å²) in [5.74, 6) is 0. The number of benzene rings is 9. The maximum atomic E-state index is 8.48. The predicted molar refractivity (Wildman–Crippen MR) is 200 cm³/mol. The summed E-state index contributed by atoms with van der Waals surface area (Å²) >= 11 is 0. The van der Waals surface area contributed by atoms with Crippen LogP contribution in [0.3, 0.4) is 0 Å². The SMILES string of the molecule is [2H]c1c([2H])c([2H])c(-c2ccc3cc(-c4c5ccccc5c(-c5ccc6oc7c8ccccc8ccc7c6c5)c5ccccc45)ccc3c2)c([2H])c1[2H]. The zero-order valence-corrected chi connectivity index (χ0v) is 25.2. The fourth-order valence-corrected chi connectivity index (χ4v) is 7.36. The Morgan fingerprint density at radius 2 is 0.894 bits per heavy atom. The van der Waals surface area contributed by atoms with Crippen LogP contribution in [0, 0.1) is 0 Å². The molecular weight excluding hydrogens is 569 g/mol. The molecule has 0 bridgehead atoms. The highest BCUT2D eigenvalue weighted by atomic mass is 16.3. The molecule has 218 valence electrons. The van der Waals surface area contributed by atoms with Gasteiger partial charge in [-0.1, -0.05) is 139 Å². The van der Waals surface area contributed by atoms with Gasteiger partial charge in [0, 0.05) is 16.2 Å². The number of hydrogen-bond acceptors (Lipinski definition) is 1. The van der Waals surface area contributed by atoms with Crippen molar-refractivity contribution < 1.29 is 11.3 Å². The van der Waals surface area contributed by atoms with E-state index in [2.05, 4.69) is 121 Å². The third-order valence-corrected chi connectivity index (χ3v) is 9.50. The molecule has 9 aromatic carbocycles. The molecule has 10 rings (SSSR count). The van der Waals surface area contributed by atoms with Crippen LogP contribution >= 0.6 is 0 Å². The Morgan fingerprint density at radius 1 is 0.362 bits per heavy atom. The second kappa shape index (κ2) is 10.2. The van der Waals surface area contributed by atoms with E-state index < -0.39 is 0 Å². The van der Waals surface area contributed by atoms with Gasteiger partial charge in [-0.2, -0.15) is 0 Å². The van der Waals surface area contributed by atoms with Gasteiger partial charge in [-0.25, -0.2) is 0 Å². The van der Waals surface area contributed by atoms with E-state index in [1.54, 1.807) is 0 Å². The van der Waals surface area contributed by atoms with Crippen LogP contribution in [0.4, 0.5) is 0 Å². The van der Waals surface area contributed by atoms with E-state index in [0.29, 0.717) is 5.56 Å². The average molecular weight is 602 g/mol. The van der Waals surface area contributed by atoms with Crippen molar-refractivity contribution in [3.63, 3.8) is 0 Å². The Kier molecular flexibility index (Phi) is 4.66. The maximum Gasteiger partial charge on any atom is 0.143 e. The fourth-order valence-electron chi connectivity index (χ4n) is 7.36. The van der Waals surface area contributed by atoms with Crippen molar-refractivity contribution in [2.45, 2.75) is 0 Å². The molecule has 0 spiro atoms. The van der Waals surface area contributed by atoms with Gasteiger partial charge in [0.15, 0.2) is 0 Å². The van der Waals surface area contributed by atoms with Crippen molar-refractivity contribution in [1.29, 1.82) is 0 Å². The fraction of sp³-hybridized carbons (Fsp3) is 0. The summed E-state index contributed by atoms with van der Waals surface area (Å²) < 4.78 is 47.7. The Morgan fingerprint density at radius 3 is 1.57 bits per heavy atom. The minimum absolute atomic E-state index is 0.200. The van der Waals surface area contributed by atoms with Crippen molar-refractivity contribution in [2.75, 3.05) is 0 Å². The van der Waals surface area contributed by atoms with Crippen molar-refractivity contribution in [1.82, 2.24) is 0 Å². The molecule has 0 fully saturated rings. The van der Waals surface area contributed by atoms with Gasteiger partial charge in [0.05, 0.1) is 6.85 Å². The van der Waals surface area contributed by atoms with Gasteiger partial charge >= 0.3 is 0 Å². The molecule has 0 aliphatic rings. The lowest BCUT2D eigenvalue weighted by atomic mass is 9.85. The van der Waals surface area contributed by atoms with Crippen molar-refractivity contribution in [2.24, 2.45) is 0 Å². The Bertz CT molecular complexity index is 3050. The van der Waals surface area contributed by atoms with E-state index in [1.807, 2.05) is 18.2 Å². The first-order valence-electron chi connectivity index (χ1n) is 18.3. The van der Waals surface area contributed by atoms with Gasteiger partial charge in [0.1, 0.15) is 11.2 Å². The topological polar surface area (TPSA) is 13.1 Å². The van der Waals surface area contributed by atoms with Crippen LogP contribution in [0.5, 0.6) is 0 Å². The van der Waals surface area contributed by atoms with Gasteiger partial charge in [0.2, 0.25) is 0 Å². The van der Waals surface area contributed by atoms with Crippen LogP contribution in [0.15, 0.2) is 174 Å². The molecular formula is C46H28O. The summed E-state index contributed by atoms with van der Waals surface area (Å²) in [6.07, 6.45) is 0. The third-order valence-electron chi connectivity index (χ3n) is 9.50. The number of rotatable bonds is 3. The first-order valence-corrected chi connectivity index (χ1v) is 15.8. The van der Waals surface area contributed by atoms with Crippen LogP contribution in [-0.2, 0) is 0 Å². The summed E-state index contributed by atoms with van der Waals surface area (Å²) in [5, 5.41) is 11.0. The number of furan rings is 1. The van der Waals surface area contributed by atoms with E-state index in [1.165, 1.54) is 5.56 Å². The lowest BCUT2D eigenvalue weighted by molar-refractivity contribution is 0.672. The Labute approximate surface area is 279 Å². The second-order valence-corrected chi connectivity index (χ2v) is 12.1. The van der Waals surface area contributed by atoms with Gasteiger partial charge in [-0.15, -0.1) is 0 Å². The van der Waals surface area contributed by atoms with Gasteiger partial charge in [-0.05, 0) is 101 Å². The normalized spacial score (nSPS) is 13.3. The summed E-state index contributed by atoms with van der Waals surface area (Å²) in [6, 6.07) is 47.0. The third kappa shape index (κ3) is 4.03. The molecule has 1 heterocycles. The highest BCUT2D eigenvalue weighted by Gasteiger charge is 2.18. The Hall–Kier alpha value is -6.18. The number of fused-ring (bicyclic) bond motifs is 8. The van der Waals surface area contributed by atoms with E-state index in [9.17, 15) is 0 Å². The monoisotopic (exact) mass is 601 g/mol. The molecule has 0 aliphatic heterocycles. The summed E-state index contributed by atoms with van der Waals surface area (Å²) in [6.45, 7) is 0. The molecule has 0 saturated heterocycles. The van der Waals surface area contributed by atoms with E-state index in [4.69, 9.17) is 11.3 Å². The predicted octanol–water partition coefficient (Wildman–Crippen LogP) is 13.2.